The summed E-state index contributed by atoms with van der Waals surface area (Å²) in [5, 5.41) is 8.62. The first-order chi connectivity index (χ1) is 7.02. The summed E-state index contributed by atoms with van der Waals surface area (Å²) in [6.07, 6.45) is -0.0954. The Morgan fingerprint density at radius 1 is 1.33 bits per heavy atom. The lowest BCUT2D eigenvalue weighted by Crippen LogP contribution is -2.65. The van der Waals surface area contributed by atoms with Crippen molar-refractivity contribution in [2.75, 3.05) is 0 Å². The van der Waals surface area contributed by atoms with E-state index in [1.165, 1.54) is 0 Å². The number of ketones is 1. The third-order valence-electron chi connectivity index (χ3n) is 2.10. The lowest BCUT2D eigenvalue weighted by atomic mass is 10.0. The summed E-state index contributed by atoms with van der Waals surface area (Å²) < 4.78 is 0. The minimum absolute atomic E-state index is 0.0954. The second-order valence-corrected chi connectivity index (χ2v) is 3.32. The molecule has 5 nitrogen and oxygen atoms in total. The van der Waals surface area contributed by atoms with Gasteiger partial charge in [-0.05, 0) is 12.1 Å². The van der Waals surface area contributed by atoms with Crippen LogP contribution in [0, 0.1) is 0 Å². The number of benzene rings is 1. The Morgan fingerprint density at radius 3 is 2.47 bits per heavy atom. The van der Waals surface area contributed by atoms with Gasteiger partial charge in [0.15, 0.2) is 11.8 Å². The maximum atomic E-state index is 11.6. The van der Waals surface area contributed by atoms with Crippen molar-refractivity contribution in [1.29, 1.82) is 0 Å². The van der Waals surface area contributed by atoms with Crippen molar-refractivity contribution in [2.24, 2.45) is 0 Å². The Bertz CT molecular complexity index is 390. The van der Waals surface area contributed by atoms with E-state index in [2.05, 4.69) is 11.5 Å². The van der Waals surface area contributed by atoms with Gasteiger partial charge in [-0.15, -0.1) is 0 Å². The minimum atomic E-state index is -1.06. The van der Waals surface area contributed by atoms with E-state index in [1.54, 1.807) is 24.3 Å². The Hall–Kier alpha value is -1.72. The molecule has 0 radical (unpaired) electrons. The SMILES string of the molecule is [NH3+]c1ccccc1C(=O)C[C@H]([NH3+])C(=O)O. The van der Waals surface area contributed by atoms with E-state index in [0.29, 0.717) is 11.3 Å². The smallest absolute Gasteiger partial charge is 0.362 e. The molecule has 5 heteroatoms. The third-order valence-corrected chi connectivity index (χ3v) is 2.10. The largest absolute Gasteiger partial charge is 0.477 e. The number of carboxylic acid groups (broad SMARTS) is 1. The highest BCUT2D eigenvalue weighted by Crippen LogP contribution is 2.11. The van der Waals surface area contributed by atoms with E-state index in [9.17, 15) is 9.59 Å². The zero-order chi connectivity index (χ0) is 11.4. The van der Waals surface area contributed by atoms with E-state index in [1.807, 2.05) is 0 Å². The summed E-state index contributed by atoms with van der Waals surface area (Å²) in [5.74, 6) is -1.30. The van der Waals surface area contributed by atoms with Gasteiger partial charge in [-0.3, -0.25) is 4.79 Å². The number of rotatable bonds is 4. The van der Waals surface area contributed by atoms with E-state index < -0.39 is 12.0 Å². The van der Waals surface area contributed by atoms with Crippen LogP contribution in [0.3, 0.4) is 0 Å². The number of hydrogen-bond donors (Lipinski definition) is 3. The highest BCUT2D eigenvalue weighted by molar-refractivity contribution is 6.01. The quantitative estimate of drug-likeness (QED) is 0.544. The predicted molar refractivity (Wildman–Crippen MR) is 52.2 cm³/mol. The van der Waals surface area contributed by atoms with Crippen molar-refractivity contribution in [3.63, 3.8) is 0 Å². The summed E-state index contributed by atoms with van der Waals surface area (Å²) >= 11 is 0. The van der Waals surface area contributed by atoms with Gasteiger partial charge in [0.05, 0.1) is 12.0 Å². The zero-order valence-corrected chi connectivity index (χ0v) is 8.27. The van der Waals surface area contributed by atoms with E-state index >= 15 is 0 Å². The van der Waals surface area contributed by atoms with Gasteiger partial charge in [0.2, 0.25) is 0 Å². The third kappa shape index (κ3) is 2.87. The molecule has 80 valence electrons. The number of carbonyl (C=O) groups is 2. The van der Waals surface area contributed by atoms with Crippen LogP contribution in [0.5, 0.6) is 0 Å². The number of carbonyl (C=O) groups excluding carboxylic acids is 1. The summed E-state index contributed by atoms with van der Waals surface area (Å²) in [5.41, 5.74) is 8.17. The Balaban J connectivity index is 2.78. The van der Waals surface area contributed by atoms with E-state index in [-0.39, 0.29) is 12.2 Å². The normalized spacial score (nSPS) is 12.1. The predicted octanol–water partition coefficient (Wildman–Crippen LogP) is -1.17. The van der Waals surface area contributed by atoms with E-state index in [4.69, 9.17) is 5.11 Å². The molecule has 0 unspecified atom stereocenters. The molecule has 0 aliphatic carbocycles. The Morgan fingerprint density at radius 2 is 1.93 bits per heavy atom. The highest BCUT2D eigenvalue weighted by atomic mass is 16.4. The van der Waals surface area contributed by atoms with Gasteiger partial charge in [-0.2, -0.15) is 0 Å². The summed E-state index contributed by atoms with van der Waals surface area (Å²) in [6, 6.07) is 5.95. The molecule has 0 saturated heterocycles. The molecule has 0 aliphatic rings. The molecule has 0 spiro atoms. The van der Waals surface area contributed by atoms with Crippen LogP contribution in [0.1, 0.15) is 16.8 Å². The molecule has 0 heterocycles. The van der Waals surface area contributed by atoms with E-state index in [0.717, 1.165) is 0 Å². The molecule has 1 aromatic rings. The van der Waals surface area contributed by atoms with Gasteiger partial charge in [0, 0.05) is 0 Å². The molecule has 0 amide bonds. The first kappa shape index (κ1) is 11.4. The molecule has 0 aromatic heterocycles. The monoisotopic (exact) mass is 210 g/mol. The maximum Gasteiger partial charge on any atom is 0.362 e. The second kappa shape index (κ2) is 4.68. The van der Waals surface area contributed by atoms with Gasteiger partial charge in [-0.1, -0.05) is 12.1 Å². The van der Waals surface area contributed by atoms with Crippen LogP contribution in [0.25, 0.3) is 0 Å². The first-order valence-corrected chi connectivity index (χ1v) is 4.52. The van der Waals surface area contributed by atoms with Gasteiger partial charge in [0.25, 0.3) is 0 Å². The summed E-state index contributed by atoms with van der Waals surface area (Å²) in [7, 11) is 0. The van der Waals surface area contributed by atoms with Gasteiger partial charge in [-0.25, -0.2) is 4.79 Å². The van der Waals surface area contributed by atoms with Crippen molar-refractivity contribution in [2.45, 2.75) is 12.5 Å². The lowest BCUT2D eigenvalue weighted by Gasteiger charge is -2.03. The summed E-state index contributed by atoms with van der Waals surface area (Å²) in [4.78, 5) is 22.2. The fourth-order valence-corrected chi connectivity index (χ4v) is 1.21. The highest BCUT2D eigenvalue weighted by Gasteiger charge is 2.22. The second-order valence-electron chi connectivity index (χ2n) is 3.32. The molecule has 1 aromatic carbocycles. The maximum absolute atomic E-state index is 11.6. The van der Waals surface area contributed by atoms with Gasteiger partial charge < -0.3 is 16.6 Å². The molecule has 15 heavy (non-hydrogen) atoms. The molecule has 0 saturated carbocycles. The standard InChI is InChI=1S/C10H12N2O3/c11-7-4-2-1-3-6(7)9(13)5-8(12)10(14)15/h1-4,8H,5,11-12H2,(H,14,15)/p+2/t8-/m0/s1. The molecule has 1 atom stereocenters. The number of aliphatic carboxylic acids is 1. The topological polar surface area (TPSA) is 110 Å². The van der Waals surface area contributed by atoms with Crippen molar-refractivity contribution in [3.8, 4) is 0 Å². The van der Waals surface area contributed by atoms with Crippen LogP contribution in [-0.2, 0) is 4.79 Å². The molecular formula is C10H14N2O3+2. The Kier molecular flexibility index (Phi) is 3.54. The van der Waals surface area contributed by atoms with Crippen LogP contribution in [0.4, 0.5) is 5.69 Å². The molecule has 7 N–H and O–H groups in total. The number of Topliss-reactive ketones (excluding diaryl/α,β-unsaturated/α-hetero) is 1. The molecule has 0 fully saturated rings. The van der Waals surface area contributed by atoms with Crippen molar-refractivity contribution < 1.29 is 26.2 Å². The van der Waals surface area contributed by atoms with Crippen molar-refractivity contribution in [3.05, 3.63) is 29.8 Å². The molecule has 0 bridgehead atoms. The zero-order valence-electron chi connectivity index (χ0n) is 8.27. The number of carboxylic acids is 1. The lowest BCUT2D eigenvalue weighted by molar-refractivity contribution is -0.405. The number of hydrogen-bond acceptors (Lipinski definition) is 2. The Labute approximate surface area is 86.7 Å². The average molecular weight is 210 g/mol. The van der Waals surface area contributed by atoms with Crippen molar-refractivity contribution in [1.82, 2.24) is 0 Å². The van der Waals surface area contributed by atoms with Gasteiger partial charge >= 0.3 is 5.97 Å². The van der Waals surface area contributed by atoms with Crippen molar-refractivity contribution >= 4 is 17.4 Å². The minimum Gasteiger partial charge on any atom is -0.477 e. The average Bonchev–Trinajstić information content (AvgIpc) is 2.18. The van der Waals surface area contributed by atoms with Crippen LogP contribution >= 0.6 is 0 Å². The summed E-state index contributed by atoms with van der Waals surface area (Å²) in [6.45, 7) is 0. The fraction of sp³-hybridized carbons (Fsp3) is 0.200. The first-order valence-electron chi connectivity index (χ1n) is 4.52. The van der Waals surface area contributed by atoms with Crippen LogP contribution in [0.2, 0.25) is 0 Å². The van der Waals surface area contributed by atoms with Crippen LogP contribution in [-0.4, -0.2) is 22.9 Å². The molecule has 1 rings (SSSR count). The van der Waals surface area contributed by atoms with Crippen LogP contribution in [0.15, 0.2) is 24.3 Å². The molecular weight excluding hydrogens is 196 g/mol. The fourth-order valence-electron chi connectivity index (χ4n) is 1.21. The molecule has 0 aliphatic heterocycles. The van der Waals surface area contributed by atoms with Gasteiger partial charge in [0.1, 0.15) is 5.69 Å². The van der Waals surface area contributed by atoms with Crippen LogP contribution < -0.4 is 11.5 Å². The number of quaternary nitrogens is 2.